The Morgan fingerprint density at radius 1 is 1.35 bits per heavy atom. The lowest BCUT2D eigenvalue weighted by Gasteiger charge is -2.11. The third kappa shape index (κ3) is 4.73. The van der Waals surface area contributed by atoms with Gasteiger partial charge >= 0.3 is 0 Å². The van der Waals surface area contributed by atoms with Crippen molar-refractivity contribution < 1.29 is 13.6 Å². The van der Waals surface area contributed by atoms with Crippen LogP contribution in [0.3, 0.4) is 0 Å². The molecular weight excluding hydrogens is 284 g/mol. The van der Waals surface area contributed by atoms with Gasteiger partial charge in [0.25, 0.3) is 0 Å². The van der Waals surface area contributed by atoms with E-state index in [-0.39, 0.29) is 28.7 Å². The second-order valence-electron chi connectivity index (χ2n) is 4.73. The van der Waals surface area contributed by atoms with Crippen LogP contribution in [0.1, 0.15) is 19.4 Å². The lowest BCUT2D eigenvalue weighted by molar-refractivity contribution is -0.119. The molecule has 0 atom stereocenters. The molecule has 1 rings (SSSR count). The van der Waals surface area contributed by atoms with Gasteiger partial charge in [-0.1, -0.05) is 26.1 Å². The number of rotatable bonds is 6. The Labute approximate surface area is 121 Å². The fraction of sp³-hybridized carbons (Fsp3) is 0.385. The molecule has 0 unspecified atom stereocenters. The number of benzene rings is 1. The van der Waals surface area contributed by atoms with Crippen LogP contribution in [0.4, 0.5) is 14.5 Å². The molecule has 0 spiro atoms. The first kappa shape index (κ1) is 16.3. The van der Waals surface area contributed by atoms with Crippen molar-refractivity contribution in [3.63, 3.8) is 0 Å². The van der Waals surface area contributed by atoms with E-state index in [1.54, 1.807) is 0 Å². The highest BCUT2D eigenvalue weighted by molar-refractivity contribution is 7.80. The number of nitrogens with one attached hydrogen (secondary N) is 2. The van der Waals surface area contributed by atoms with Crippen molar-refractivity contribution in [1.82, 2.24) is 5.32 Å². The lowest BCUT2D eigenvalue weighted by atomic mass is 10.2. The van der Waals surface area contributed by atoms with Crippen LogP contribution in [0.2, 0.25) is 0 Å². The summed E-state index contributed by atoms with van der Waals surface area (Å²) in [6.07, 6.45) is 0. The predicted molar refractivity (Wildman–Crippen MR) is 78.6 cm³/mol. The Balaban J connectivity index is 2.69. The van der Waals surface area contributed by atoms with Gasteiger partial charge in [0.1, 0.15) is 22.3 Å². The number of nitrogens with two attached hydrogens (primary N) is 1. The number of halogens is 2. The summed E-state index contributed by atoms with van der Waals surface area (Å²) in [6, 6.07) is 2.06. The van der Waals surface area contributed by atoms with Crippen molar-refractivity contribution in [3.8, 4) is 0 Å². The van der Waals surface area contributed by atoms with Gasteiger partial charge in [0, 0.05) is 12.1 Å². The number of anilines is 1. The van der Waals surface area contributed by atoms with Gasteiger partial charge in [-0.3, -0.25) is 4.79 Å². The summed E-state index contributed by atoms with van der Waals surface area (Å²) < 4.78 is 27.4. The maximum atomic E-state index is 13.7. The summed E-state index contributed by atoms with van der Waals surface area (Å²) in [6.45, 7) is 4.18. The van der Waals surface area contributed by atoms with Gasteiger partial charge in [-0.2, -0.15) is 0 Å². The summed E-state index contributed by atoms with van der Waals surface area (Å²) in [7, 11) is 0. The van der Waals surface area contributed by atoms with Gasteiger partial charge in [0.15, 0.2) is 0 Å². The fourth-order valence-corrected chi connectivity index (χ4v) is 1.55. The van der Waals surface area contributed by atoms with Crippen LogP contribution >= 0.6 is 12.2 Å². The quantitative estimate of drug-likeness (QED) is 0.701. The molecule has 20 heavy (non-hydrogen) atoms. The molecule has 0 aliphatic rings. The Morgan fingerprint density at radius 3 is 2.35 bits per heavy atom. The first-order valence-electron chi connectivity index (χ1n) is 6.10. The smallest absolute Gasteiger partial charge is 0.239 e. The highest BCUT2D eigenvalue weighted by Gasteiger charge is 2.13. The van der Waals surface area contributed by atoms with Gasteiger partial charge in [-0.15, -0.1) is 0 Å². The molecule has 0 heterocycles. The minimum atomic E-state index is -0.843. The third-order valence-corrected chi connectivity index (χ3v) is 2.70. The second kappa shape index (κ2) is 7.14. The molecule has 1 aromatic rings. The molecule has 0 bridgehead atoms. The summed E-state index contributed by atoms with van der Waals surface area (Å²) in [4.78, 5) is 11.4. The Hall–Kier alpha value is -1.76. The standard InChI is InChI=1S/C13H17F2N3OS/c1-7(2)5-17-11(19)6-18-12-9(14)3-8(13(16)20)4-10(12)15/h3-4,7,18H,5-6H2,1-2H3,(H2,16,20)(H,17,19). The zero-order chi connectivity index (χ0) is 15.3. The summed E-state index contributed by atoms with van der Waals surface area (Å²) in [5, 5.41) is 5.06. The number of amides is 1. The number of hydrogen-bond donors (Lipinski definition) is 3. The van der Waals surface area contributed by atoms with Crippen LogP contribution in [-0.4, -0.2) is 24.0 Å². The van der Waals surface area contributed by atoms with Gasteiger partial charge in [-0.25, -0.2) is 8.78 Å². The Kier molecular flexibility index (Phi) is 5.82. The molecule has 0 aliphatic carbocycles. The molecule has 1 aromatic carbocycles. The number of carbonyl (C=O) groups is 1. The van der Waals surface area contributed by atoms with Gasteiger partial charge in [0.05, 0.1) is 6.54 Å². The second-order valence-corrected chi connectivity index (χ2v) is 5.17. The SMILES string of the molecule is CC(C)CNC(=O)CNc1c(F)cc(C(N)=S)cc1F. The molecule has 0 saturated carbocycles. The average Bonchev–Trinajstić information content (AvgIpc) is 2.34. The van der Waals surface area contributed by atoms with Crippen molar-refractivity contribution in [2.75, 3.05) is 18.4 Å². The fourth-order valence-electron chi connectivity index (χ4n) is 1.43. The zero-order valence-corrected chi connectivity index (χ0v) is 12.1. The average molecular weight is 301 g/mol. The van der Waals surface area contributed by atoms with E-state index in [9.17, 15) is 13.6 Å². The van der Waals surface area contributed by atoms with Gasteiger partial charge in [-0.05, 0) is 18.1 Å². The molecule has 4 N–H and O–H groups in total. The van der Waals surface area contributed by atoms with Crippen molar-refractivity contribution in [2.45, 2.75) is 13.8 Å². The van der Waals surface area contributed by atoms with Crippen LogP contribution in [0, 0.1) is 17.6 Å². The maximum absolute atomic E-state index is 13.7. The van der Waals surface area contributed by atoms with Crippen LogP contribution in [0.25, 0.3) is 0 Å². The summed E-state index contributed by atoms with van der Waals surface area (Å²) in [5.74, 6) is -1.72. The largest absolute Gasteiger partial charge is 0.389 e. The van der Waals surface area contributed by atoms with E-state index in [0.717, 1.165) is 12.1 Å². The molecule has 0 saturated heterocycles. The topological polar surface area (TPSA) is 67.2 Å². The number of hydrogen-bond acceptors (Lipinski definition) is 3. The molecule has 7 heteroatoms. The molecule has 1 amide bonds. The highest BCUT2D eigenvalue weighted by atomic mass is 32.1. The van der Waals surface area contributed by atoms with Gasteiger partial charge in [0.2, 0.25) is 5.91 Å². The van der Waals surface area contributed by atoms with Crippen molar-refractivity contribution in [3.05, 3.63) is 29.3 Å². The van der Waals surface area contributed by atoms with E-state index >= 15 is 0 Å². The molecule has 0 aliphatic heterocycles. The van der Waals surface area contributed by atoms with E-state index in [1.165, 1.54) is 0 Å². The first-order valence-corrected chi connectivity index (χ1v) is 6.51. The molecule has 110 valence electrons. The van der Waals surface area contributed by atoms with Crippen molar-refractivity contribution in [2.24, 2.45) is 11.7 Å². The monoisotopic (exact) mass is 301 g/mol. The van der Waals surface area contributed by atoms with Gasteiger partial charge < -0.3 is 16.4 Å². The predicted octanol–water partition coefficient (Wildman–Crippen LogP) is 1.78. The Morgan fingerprint density at radius 2 is 1.90 bits per heavy atom. The van der Waals surface area contributed by atoms with Crippen LogP contribution < -0.4 is 16.4 Å². The summed E-state index contributed by atoms with van der Waals surface area (Å²) >= 11 is 4.65. The molecule has 4 nitrogen and oxygen atoms in total. The normalized spacial score (nSPS) is 10.4. The minimum Gasteiger partial charge on any atom is -0.389 e. The molecule has 0 radical (unpaired) electrons. The van der Waals surface area contributed by atoms with Crippen molar-refractivity contribution >= 4 is 28.8 Å². The minimum absolute atomic E-state index is 0.0935. The van der Waals surface area contributed by atoms with E-state index in [2.05, 4.69) is 22.9 Å². The number of carbonyl (C=O) groups excluding carboxylic acids is 1. The number of thiocarbonyl (C=S) groups is 1. The molecule has 0 aromatic heterocycles. The van der Waals surface area contributed by atoms with Crippen LogP contribution in [0.15, 0.2) is 12.1 Å². The van der Waals surface area contributed by atoms with E-state index in [1.807, 2.05) is 13.8 Å². The first-order chi connectivity index (χ1) is 9.31. The van der Waals surface area contributed by atoms with Crippen molar-refractivity contribution in [1.29, 1.82) is 0 Å². The lowest BCUT2D eigenvalue weighted by Crippen LogP contribution is -2.32. The maximum Gasteiger partial charge on any atom is 0.239 e. The van der Waals surface area contributed by atoms with E-state index in [0.29, 0.717) is 12.5 Å². The molecule has 0 fully saturated rings. The zero-order valence-electron chi connectivity index (χ0n) is 11.3. The van der Waals surface area contributed by atoms with Crippen LogP contribution in [-0.2, 0) is 4.79 Å². The molecular formula is C13H17F2N3OS. The Bertz CT molecular complexity index is 497. The summed E-state index contributed by atoms with van der Waals surface area (Å²) in [5.41, 5.74) is 5.04. The van der Waals surface area contributed by atoms with E-state index < -0.39 is 11.6 Å². The highest BCUT2D eigenvalue weighted by Crippen LogP contribution is 2.20. The third-order valence-electron chi connectivity index (χ3n) is 2.46. The van der Waals surface area contributed by atoms with E-state index in [4.69, 9.17) is 5.73 Å². The van der Waals surface area contributed by atoms with Crippen LogP contribution in [0.5, 0.6) is 0 Å².